The third-order valence-corrected chi connectivity index (χ3v) is 5.99. The van der Waals surface area contributed by atoms with Gasteiger partial charge in [-0.3, -0.25) is 0 Å². The van der Waals surface area contributed by atoms with Gasteiger partial charge in [-0.25, -0.2) is 8.42 Å². The van der Waals surface area contributed by atoms with E-state index in [9.17, 15) is 8.42 Å². The summed E-state index contributed by atoms with van der Waals surface area (Å²) in [6, 6.07) is 8.18. The Kier molecular flexibility index (Phi) is 4.44. The summed E-state index contributed by atoms with van der Waals surface area (Å²) >= 11 is 0. The summed E-state index contributed by atoms with van der Waals surface area (Å²) in [5.74, 6) is 0.0710. The Morgan fingerprint density at radius 2 is 1.86 bits per heavy atom. The highest BCUT2D eigenvalue weighted by molar-refractivity contribution is 7.91. The van der Waals surface area contributed by atoms with Crippen LogP contribution in [0.15, 0.2) is 24.3 Å². The van der Waals surface area contributed by atoms with Crippen LogP contribution >= 0.6 is 0 Å². The Morgan fingerprint density at radius 3 is 2.38 bits per heavy atom. The molecule has 1 aromatic carbocycles. The van der Waals surface area contributed by atoms with E-state index in [1.165, 1.54) is 0 Å². The molecule has 116 valence electrons. The number of nitrogens with zero attached hydrogens (tertiary/aromatic N) is 1. The number of sulfone groups is 1. The maximum Gasteiger partial charge on any atom is 0.158 e. The molecule has 21 heavy (non-hydrogen) atoms. The Morgan fingerprint density at radius 1 is 1.19 bits per heavy atom. The molecular formula is C16H24N2O2S. The first-order valence-electron chi connectivity index (χ1n) is 7.31. The first-order valence-corrected chi connectivity index (χ1v) is 9.02. The number of benzene rings is 1. The lowest BCUT2D eigenvalue weighted by Gasteiger charge is -2.16. The van der Waals surface area contributed by atoms with Crippen molar-refractivity contribution in [2.24, 2.45) is 5.73 Å². The number of hydrogen-bond acceptors (Lipinski definition) is 3. The van der Waals surface area contributed by atoms with Gasteiger partial charge in [0.1, 0.15) is 0 Å². The molecule has 0 saturated carbocycles. The van der Waals surface area contributed by atoms with Gasteiger partial charge in [-0.2, -0.15) is 0 Å². The van der Waals surface area contributed by atoms with E-state index in [1.807, 2.05) is 24.3 Å². The molecule has 4 nitrogen and oxygen atoms in total. The first kappa shape index (κ1) is 16.0. The summed E-state index contributed by atoms with van der Waals surface area (Å²) in [7, 11) is -3.13. The molecule has 0 aliphatic carbocycles. The quantitative estimate of drug-likeness (QED) is 0.923. The summed E-state index contributed by atoms with van der Waals surface area (Å²) in [5.41, 5.74) is 8.75. The summed E-state index contributed by atoms with van der Waals surface area (Å²) in [4.78, 5) is 0. The van der Waals surface area contributed by atoms with Crippen molar-refractivity contribution in [2.75, 3.05) is 0 Å². The molecule has 0 amide bonds. The highest BCUT2D eigenvalue weighted by Crippen LogP contribution is 2.28. The maximum absolute atomic E-state index is 12.3. The van der Waals surface area contributed by atoms with E-state index in [-0.39, 0.29) is 17.0 Å². The average Bonchev–Trinajstić information content (AvgIpc) is 2.75. The van der Waals surface area contributed by atoms with Gasteiger partial charge in [-0.05, 0) is 45.4 Å². The van der Waals surface area contributed by atoms with Gasteiger partial charge in [-0.1, -0.05) is 12.1 Å². The standard InChI is InChI=1S/C16H24N2O2S/c1-11(2)18-14(10-21(19,20)12(3)4)8-15-13(9-17)6-5-7-16(15)18/h5-8,11-12H,9-10,17H2,1-4H3. The summed E-state index contributed by atoms with van der Waals surface area (Å²) < 4.78 is 26.6. The van der Waals surface area contributed by atoms with Crippen LogP contribution in [0.5, 0.6) is 0 Å². The zero-order valence-corrected chi connectivity index (χ0v) is 13.9. The molecule has 0 bridgehead atoms. The monoisotopic (exact) mass is 308 g/mol. The van der Waals surface area contributed by atoms with Crippen LogP contribution in [0.2, 0.25) is 0 Å². The van der Waals surface area contributed by atoms with Gasteiger partial charge in [-0.15, -0.1) is 0 Å². The molecule has 2 rings (SSSR count). The fraction of sp³-hybridized carbons (Fsp3) is 0.500. The minimum Gasteiger partial charge on any atom is -0.341 e. The normalized spacial score (nSPS) is 12.7. The summed E-state index contributed by atoms with van der Waals surface area (Å²) in [6.45, 7) is 8.04. The van der Waals surface area contributed by atoms with Crippen molar-refractivity contribution < 1.29 is 8.42 Å². The van der Waals surface area contributed by atoms with Crippen LogP contribution in [-0.4, -0.2) is 18.2 Å². The van der Waals surface area contributed by atoms with Gasteiger partial charge in [0.2, 0.25) is 0 Å². The van der Waals surface area contributed by atoms with Gasteiger partial charge in [0, 0.05) is 29.2 Å². The van der Waals surface area contributed by atoms with Gasteiger partial charge >= 0.3 is 0 Å². The second kappa shape index (κ2) is 5.81. The number of aromatic nitrogens is 1. The van der Waals surface area contributed by atoms with E-state index in [0.29, 0.717) is 6.54 Å². The van der Waals surface area contributed by atoms with E-state index >= 15 is 0 Å². The Hall–Kier alpha value is -1.33. The average molecular weight is 308 g/mol. The van der Waals surface area contributed by atoms with Gasteiger partial charge in [0.25, 0.3) is 0 Å². The lowest BCUT2D eigenvalue weighted by atomic mass is 10.1. The van der Waals surface area contributed by atoms with Crippen molar-refractivity contribution in [3.63, 3.8) is 0 Å². The van der Waals surface area contributed by atoms with E-state index in [2.05, 4.69) is 18.4 Å². The third kappa shape index (κ3) is 2.99. The first-order chi connectivity index (χ1) is 9.77. The second-order valence-electron chi connectivity index (χ2n) is 6.01. The molecular weight excluding hydrogens is 284 g/mol. The molecule has 0 saturated heterocycles. The molecule has 0 unspecified atom stereocenters. The number of rotatable bonds is 5. The molecule has 1 aromatic heterocycles. The smallest absolute Gasteiger partial charge is 0.158 e. The molecule has 0 aliphatic rings. The second-order valence-corrected chi connectivity index (χ2v) is 8.57. The van der Waals surface area contributed by atoms with Gasteiger partial charge in [0.05, 0.1) is 11.0 Å². The van der Waals surface area contributed by atoms with E-state index in [4.69, 9.17) is 5.73 Å². The zero-order valence-electron chi connectivity index (χ0n) is 13.1. The summed E-state index contributed by atoms with van der Waals surface area (Å²) in [6.07, 6.45) is 0. The van der Waals surface area contributed by atoms with Gasteiger partial charge < -0.3 is 10.3 Å². The van der Waals surface area contributed by atoms with Crippen molar-refractivity contribution in [1.82, 2.24) is 4.57 Å². The third-order valence-electron chi connectivity index (χ3n) is 3.86. The van der Waals surface area contributed by atoms with E-state index in [0.717, 1.165) is 22.2 Å². The number of fused-ring (bicyclic) bond motifs is 1. The molecule has 1 heterocycles. The van der Waals surface area contributed by atoms with Crippen LogP contribution < -0.4 is 5.73 Å². The molecule has 2 N–H and O–H groups in total. The molecule has 0 aliphatic heterocycles. The molecule has 5 heteroatoms. The van der Waals surface area contributed by atoms with E-state index in [1.54, 1.807) is 13.8 Å². The van der Waals surface area contributed by atoms with E-state index < -0.39 is 9.84 Å². The van der Waals surface area contributed by atoms with Crippen molar-refractivity contribution in [3.05, 3.63) is 35.5 Å². The van der Waals surface area contributed by atoms with Crippen LogP contribution in [0.1, 0.15) is 45.0 Å². The highest BCUT2D eigenvalue weighted by atomic mass is 32.2. The minimum atomic E-state index is -3.13. The molecule has 0 fully saturated rings. The number of nitrogens with two attached hydrogens (primary N) is 1. The van der Waals surface area contributed by atoms with Gasteiger partial charge in [0.15, 0.2) is 9.84 Å². The predicted molar refractivity (Wildman–Crippen MR) is 88.0 cm³/mol. The van der Waals surface area contributed by atoms with Crippen LogP contribution in [-0.2, 0) is 22.1 Å². The minimum absolute atomic E-state index is 0.0710. The molecule has 0 atom stereocenters. The molecule has 0 radical (unpaired) electrons. The highest BCUT2D eigenvalue weighted by Gasteiger charge is 2.22. The summed E-state index contributed by atoms with van der Waals surface area (Å²) in [5, 5.41) is 0.688. The topological polar surface area (TPSA) is 65.1 Å². The fourth-order valence-corrected chi connectivity index (χ4v) is 3.61. The SMILES string of the molecule is CC(C)n1c(CS(=O)(=O)C(C)C)cc2c(CN)cccc21. The Bertz CT molecular complexity index is 743. The van der Waals surface area contributed by atoms with Crippen molar-refractivity contribution in [1.29, 1.82) is 0 Å². The number of hydrogen-bond donors (Lipinski definition) is 1. The van der Waals surface area contributed by atoms with Crippen LogP contribution in [0.3, 0.4) is 0 Å². The van der Waals surface area contributed by atoms with Crippen LogP contribution in [0.4, 0.5) is 0 Å². The molecule has 2 aromatic rings. The largest absolute Gasteiger partial charge is 0.341 e. The van der Waals surface area contributed by atoms with Crippen LogP contribution in [0, 0.1) is 0 Å². The Balaban J connectivity index is 2.66. The Labute approximate surface area is 126 Å². The lowest BCUT2D eigenvalue weighted by molar-refractivity contribution is 0.574. The zero-order chi connectivity index (χ0) is 15.8. The van der Waals surface area contributed by atoms with Crippen LogP contribution in [0.25, 0.3) is 10.9 Å². The van der Waals surface area contributed by atoms with Crippen molar-refractivity contribution >= 4 is 20.7 Å². The maximum atomic E-state index is 12.3. The van der Waals surface area contributed by atoms with Crippen molar-refractivity contribution in [3.8, 4) is 0 Å². The van der Waals surface area contributed by atoms with Crippen molar-refractivity contribution in [2.45, 2.75) is 51.3 Å². The lowest BCUT2D eigenvalue weighted by Crippen LogP contribution is -2.18. The molecule has 0 spiro atoms. The fourth-order valence-electron chi connectivity index (χ4n) is 2.64. The predicted octanol–water partition coefficient (Wildman–Crippen LogP) is 3.00.